The number of furan rings is 1. The average molecular weight is 245 g/mol. The Balaban J connectivity index is 2.00. The quantitative estimate of drug-likeness (QED) is 0.849. The van der Waals surface area contributed by atoms with Crippen LogP contribution in [0.2, 0.25) is 0 Å². The number of benzene rings is 1. The van der Waals surface area contributed by atoms with Crippen LogP contribution in [-0.2, 0) is 12.8 Å². The molecule has 1 unspecified atom stereocenters. The predicted molar refractivity (Wildman–Crippen MR) is 72.0 cm³/mol. The maximum Gasteiger partial charge on any atom is 0.119 e. The summed E-state index contributed by atoms with van der Waals surface area (Å²) in [6.45, 7) is 0. The van der Waals surface area contributed by atoms with Crippen molar-refractivity contribution in [1.29, 1.82) is 0 Å². The van der Waals surface area contributed by atoms with Gasteiger partial charge >= 0.3 is 0 Å². The van der Waals surface area contributed by atoms with Gasteiger partial charge in [0, 0.05) is 6.04 Å². The lowest BCUT2D eigenvalue weighted by atomic mass is 10.0. The number of likely N-dealkylation sites (N-methyl/N-ethyl adjacent to an activating group) is 1. The molecule has 1 aromatic heterocycles. The number of hydrogen-bond donors (Lipinski definition) is 1. The normalized spacial score (nSPS) is 12.3. The van der Waals surface area contributed by atoms with E-state index in [1.54, 1.807) is 19.6 Å². The Labute approximate surface area is 108 Å². The molecule has 0 aliphatic rings. The van der Waals surface area contributed by atoms with Gasteiger partial charge in [-0.3, -0.25) is 0 Å². The molecular weight excluding hydrogens is 226 g/mol. The molecule has 0 bridgehead atoms. The molecule has 0 aliphatic heterocycles. The van der Waals surface area contributed by atoms with Gasteiger partial charge in [-0.2, -0.15) is 0 Å². The summed E-state index contributed by atoms with van der Waals surface area (Å²) in [4.78, 5) is 0. The van der Waals surface area contributed by atoms with Crippen LogP contribution < -0.4 is 10.1 Å². The van der Waals surface area contributed by atoms with Crippen LogP contribution in [0.3, 0.4) is 0 Å². The lowest BCUT2D eigenvalue weighted by Gasteiger charge is -2.15. The summed E-state index contributed by atoms with van der Waals surface area (Å²) < 4.78 is 10.3. The predicted octanol–water partition coefficient (Wildman–Crippen LogP) is 2.66. The maximum atomic E-state index is 5.24. The Kier molecular flexibility index (Phi) is 4.42. The molecule has 1 aromatic carbocycles. The molecule has 2 aromatic rings. The van der Waals surface area contributed by atoms with E-state index in [9.17, 15) is 0 Å². The molecule has 0 saturated carbocycles. The molecule has 0 aliphatic carbocycles. The lowest BCUT2D eigenvalue weighted by molar-refractivity contribution is 0.414. The van der Waals surface area contributed by atoms with E-state index in [2.05, 4.69) is 17.4 Å². The summed E-state index contributed by atoms with van der Waals surface area (Å²) in [7, 11) is 3.69. The van der Waals surface area contributed by atoms with Gasteiger partial charge in [-0.15, -0.1) is 0 Å². The maximum absolute atomic E-state index is 5.24. The molecule has 0 saturated heterocycles. The van der Waals surface area contributed by atoms with Crippen molar-refractivity contribution in [2.24, 2.45) is 0 Å². The zero-order valence-electron chi connectivity index (χ0n) is 10.8. The van der Waals surface area contributed by atoms with Crippen LogP contribution in [0.15, 0.2) is 47.3 Å². The van der Waals surface area contributed by atoms with Gasteiger partial charge in [0.2, 0.25) is 0 Å². The van der Waals surface area contributed by atoms with Crippen molar-refractivity contribution in [2.75, 3.05) is 14.2 Å². The first kappa shape index (κ1) is 12.7. The van der Waals surface area contributed by atoms with Gasteiger partial charge in [-0.05, 0) is 49.2 Å². The second-order valence-corrected chi connectivity index (χ2v) is 4.38. The Morgan fingerprint density at radius 3 is 2.72 bits per heavy atom. The summed E-state index contributed by atoms with van der Waals surface area (Å²) >= 11 is 0. The van der Waals surface area contributed by atoms with Crippen LogP contribution in [0.25, 0.3) is 0 Å². The van der Waals surface area contributed by atoms with E-state index in [0.717, 1.165) is 18.6 Å². The van der Waals surface area contributed by atoms with Gasteiger partial charge in [0.05, 0.1) is 19.6 Å². The minimum absolute atomic E-state index is 0.398. The number of rotatable bonds is 6. The first-order valence-corrected chi connectivity index (χ1v) is 6.13. The van der Waals surface area contributed by atoms with Crippen molar-refractivity contribution in [1.82, 2.24) is 5.32 Å². The van der Waals surface area contributed by atoms with Gasteiger partial charge in [-0.1, -0.05) is 12.1 Å². The van der Waals surface area contributed by atoms with Crippen LogP contribution in [0.5, 0.6) is 5.75 Å². The first-order chi connectivity index (χ1) is 8.81. The molecule has 1 atom stereocenters. The minimum Gasteiger partial charge on any atom is -0.497 e. The van der Waals surface area contributed by atoms with Crippen LogP contribution in [-0.4, -0.2) is 20.2 Å². The smallest absolute Gasteiger partial charge is 0.119 e. The third-order valence-electron chi connectivity index (χ3n) is 3.09. The fraction of sp³-hybridized carbons (Fsp3) is 0.333. The second kappa shape index (κ2) is 6.26. The Bertz CT molecular complexity index is 465. The molecule has 0 amide bonds. The third-order valence-corrected chi connectivity index (χ3v) is 3.09. The second-order valence-electron chi connectivity index (χ2n) is 4.38. The van der Waals surface area contributed by atoms with Crippen molar-refractivity contribution in [3.05, 3.63) is 54.0 Å². The highest BCUT2D eigenvalue weighted by Gasteiger charge is 2.09. The Morgan fingerprint density at radius 2 is 2.06 bits per heavy atom. The molecule has 3 nitrogen and oxygen atoms in total. The van der Waals surface area contributed by atoms with Gasteiger partial charge in [-0.25, -0.2) is 0 Å². The first-order valence-electron chi connectivity index (χ1n) is 6.13. The molecule has 96 valence electrons. The van der Waals surface area contributed by atoms with Crippen molar-refractivity contribution >= 4 is 0 Å². The zero-order chi connectivity index (χ0) is 12.8. The van der Waals surface area contributed by atoms with E-state index >= 15 is 0 Å². The third kappa shape index (κ3) is 3.37. The van der Waals surface area contributed by atoms with Gasteiger partial charge in [0.15, 0.2) is 0 Å². The fourth-order valence-corrected chi connectivity index (χ4v) is 2.05. The highest BCUT2D eigenvalue weighted by atomic mass is 16.5. The van der Waals surface area contributed by atoms with Crippen molar-refractivity contribution in [3.8, 4) is 5.75 Å². The molecule has 0 fully saturated rings. The highest BCUT2D eigenvalue weighted by Crippen LogP contribution is 2.15. The molecule has 0 radical (unpaired) electrons. The minimum atomic E-state index is 0.398. The largest absolute Gasteiger partial charge is 0.497 e. The molecule has 0 spiro atoms. The number of hydrogen-bond acceptors (Lipinski definition) is 3. The molecule has 1 N–H and O–H groups in total. The summed E-state index contributed by atoms with van der Waals surface area (Å²) in [5.74, 6) is 0.908. The molecule has 1 heterocycles. The zero-order valence-corrected chi connectivity index (χ0v) is 10.8. The van der Waals surface area contributed by atoms with Gasteiger partial charge in [0.1, 0.15) is 5.75 Å². The number of methoxy groups -OCH3 is 1. The van der Waals surface area contributed by atoms with E-state index in [4.69, 9.17) is 9.15 Å². The van der Waals surface area contributed by atoms with E-state index in [1.807, 2.05) is 25.2 Å². The van der Waals surface area contributed by atoms with Gasteiger partial charge < -0.3 is 14.5 Å². The molecule has 2 rings (SSSR count). The standard InChI is InChI=1S/C15H19NO2/c1-16-14(9-13-6-7-18-11-13)8-12-4-3-5-15(10-12)17-2/h3-7,10-11,14,16H,8-9H2,1-2H3. The van der Waals surface area contributed by atoms with E-state index in [1.165, 1.54) is 11.1 Å². The van der Waals surface area contributed by atoms with Crippen LogP contribution in [0.4, 0.5) is 0 Å². The summed E-state index contributed by atoms with van der Waals surface area (Å²) in [6, 6.07) is 10.6. The number of ether oxygens (including phenoxy) is 1. The van der Waals surface area contributed by atoms with Crippen LogP contribution in [0.1, 0.15) is 11.1 Å². The Hall–Kier alpha value is -1.74. The van der Waals surface area contributed by atoms with Crippen molar-refractivity contribution < 1.29 is 9.15 Å². The highest BCUT2D eigenvalue weighted by molar-refractivity contribution is 5.29. The van der Waals surface area contributed by atoms with E-state index in [0.29, 0.717) is 6.04 Å². The summed E-state index contributed by atoms with van der Waals surface area (Å²) in [5, 5.41) is 3.34. The van der Waals surface area contributed by atoms with Crippen LogP contribution in [0, 0.1) is 0 Å². The molecule has 18 heavy (non-hydrogen) atoms. The summed E-state index contributed by atoms with van der Waals surface area (Å²) in [6.07, 6.45) is 5.45. The van der Waals surface area contributed by atoms with Crippen LogP contribution >= 0.6 is 0 Å². The van der Waals surface area contributed by atoms with E-state index in [-0.39, 0.29) is 0 Å². The topological polar surface area (TPSA) is 34.4 Å². The molecular formula is C15H19NO2. The average Bonchev–Trinajstić information content (AvgIpc) is 2.91. The Morgan fingerprint density at radius 1 is 1.22 bits per heavy atom. The lowest BCUT2D eigenvalue weighted by Crippen LogP contribution is -2.29. The number of nitrogens with one attached hydrogen (secondary N) is 1. The summed E-state index contributed by atoms with van der Waals surface area (Å²) in [5.41, 5.74) is 2.49. The SMILES string of the molecule is CNC(Cc1ccoc1)Cc1cccc(OC)c1. The van der Waals surface area contributed by atoms with Crippen molar-refractivity contribution in [3.63, 3.8) is 0 Å². The van der Waals surface area contributed by atoms with Crippen molar-refractivity contribution in [2.45, 2.75) is 18.9 Å². The fourth-order valence-electron chi connectivity index (χ4n) is 2.05. The molecule has 3 heteroatoms. The van der Waals surface area contributed by atoms with Gasteiger partial charge in [0.25, 0.3) is 0 Å². The van der Waals surface area contributed by atoms with E-state index < -0.39 is 0 Å². The monoisotopic (exact) mass is 245 g/mol.